The highest BCUT2D eigenvalue weighted by Gasteiger charge is 2.03. The van der Waals surface area contributed by atoms with E-state index in [9.17, 15) is 8.78 Å². The molecule has 0 aliphatic heterocycles. The molecule has 0 unspecified atom stereocenters. The fourth-order valence-corrected chi connectivity index (χ4v) is 0.374. The number of alkyl halides is 2. The molecule has 2 nitrogen and oxygen atoms in total. The van der Waals surface area contributed by atoms with E-state index >= 15 is 0 Å². The monoisotopic (exact) mass is 138 g/mol. The first-order valence-electron chi connectivity index (χ1n) is 2.88. The number of nitrogens with two attached hydrogens (primary N) is 1. The minimum absolute atomic E-state index is 0.0148. The second kappa shape index (κ2) is 4.64. The molecule has 0 aliphatic carbocycles. The summed E-state index contributed by atoms with van der Waals surface area (Å²) in [6, 6.07) is -0.0148. The third kappa shape index (κ3) is 5.65. The van der Waals surface area contributed by atoms with Crippen LogP contribution in [-0.2, 0) is 0 Å². The first kappa shape index (κ1) is 8.78. The summed E-state index contributed by atoms with van der Waals surface area (Å²) in [5.41, 5.74) is 5.15. The molecule has 0 fully saturated rings. The Labute approximate surface area is 53.4 Å². The molecule has 0 amide bonds. The molecule has 0 aromatic rings. The molecule has 0 radical (unpaired) electrons. The zero-order valence-corrected chi connectivity index (χ0v) is 5.40. The van der Waals surface area contributed by atoms with Crippen molar-refractivity contribution in [3.8, 4) is 0 Å². The average molecular weight is 138 g/mol. The van der Waals surface area contributed by atoms with Gasteiger partial charge in [0.15, 0.2) is 0 Å². The molecule has 0 bridgehead atoms. The van der Waals surface area contributed by atoms with Crippen LogP contribution in [0.5, 0.6) is 0 Å². The van der Waals surface area contributed by atoms with Crippen LogP contribution in [0.3, 0.4) is 0 Å². The van der Waals surface area contributed by atoms with E-state index in [1.807, 2.05) is 0 Å². The van der Waals surface area contributed by atoms with Crippen molar-refractivity contribution in [2.24, 2.45) is 5.73 Å². The zero-order valence-electron chi connectivity index (χ0n) is 5.40. The van der Waals surface area contributed by atoms with Gasteiger partial charge in [-0.2, -0.15) is 0 Å². The fourth-order valence-electron chi connectivity index (χ4n) is 0.374. The van der Waals surface area contributed by atoms with Gasteiger partial charge in [0.2, 0.25) is 0 Å². The van der Waals surface area contributed by atoms with Gasteiger partial charge in [0, 0.05) is 12.6 Å². The third-order valence-electron chi connectivity index (χ3n) is 0.974. The molecule has 0 aromatic carbocycles. The summed E-state index contributed by atoms with van der Waals surface area (Å²) < 4.78 is 22.9. The quantitative estimate of drug-likeness (QED) is 0.582. The molecule has 9 heavy (non-hydrogen) atoms. The predicted octanol–water partition coefficient (Wildman–Crippen LogP) is 0.188. The van der Waals surface area contributed by atoms with E-state index in [4.69, 9.17) is 5.73 Å². The third-order valence-corrected chi connectivity index (χ3v) is 0.974. The van der Waals surface area contributed by atoms with Gasteiger partial charge in [-0.1, -0.05) is 0 Å². The van der Waals surface area contributed by atoms with Gasteiger partial charge < -0.3 is 11.1 Å². The summed E-state index contributed by atoms with van der Waals surface area (Å²) in [6.45, 7) is 1.90. The Balaban J connectivity index is 3.06. The Morgan fingerprint density at radius 3 is 2.44 bits per heavy atom. The van der Waals surface area contributed by atoms with Crippen molar-refractivity contribution in [3.05, 3.63) is 0 Å². The van der Waals surface area contributed by atoms with Crippen molar-refractivity contribution >= 4 is 0 Å². The van der Waals surface area contributed by atoms with Crippen molar-refractivity contribution in [2.45, 2.75) is 19.4 Å². The molecule has 0 rings (SSSR count). The summed E-state index contributed by atoms with van der Waals surface area (Å²) >= 11 is 0. The van der Waals surface area contributed by atoms with Gasteiger partial charge in [-0.05, 0) is 6.92 Å². The van der Waals surface area contributed by atoms with E-state index in [2.05, 4.69) is 5.32 Å². The SMILES string of the molecule is C[C@@H](CN)NCC(F)F. The summed E-state index contributed by atoms with van der Waals surface area (Å²) in [5, 5.41) is 2.56. The van der Waals surface area contributed by atoms with Crippen LogP contribution in [0.15, 0.2) is 0 Å². The molecule has 0 saturated heterocycles. The minimum Gasteiger partial charge on any atom is -0.329 e. The highest BCUT2D eigenvalue weighted by atomic mass is 19.3. The van der Waals surface area contributed by atoms with Gasteiger partial charge in [0.1, 0.15) is 0 Å². The lowest BCUT2D eigenvalue weighted by Gasteiger charge is -2.09. The maximum Gasteiger partial charge on any atom is 0.250 e. The zero-order chi connectivity index (χ0) is 7.28. The summed E-state index contributed by atoms with van der Waals surface area (Å²) in [6.07, 6.45) is -2.28. The largest absolute Gasteiger partial charge is 0.329 e. The fraction of sp³-hybridized carbons (Fsp3) is 1.00. The molecular weight excluding hydrogens is 126 g/mol. The highest BCUT2D eigenvalue weighted by Crippen LogP contribution is 1.88. The topological polar surface area (TPSA) is 38.0 Å². The normalized spacial score (nSPS) is 14.3. The molecular formula is C5H12F2N2. The second-order valence-corrected chi connectivity index (χ2v) is 1.94. The molecule has 0 aromatic heterocycles. The van der Waals surface area contributed by atoms with Crippen molar-refractivity contribution in [2.75, 3.05) is 13.1 Å². The smallest absolute Gasteiger partial charge is 0.250 e. The van der Waals surface area contributed by atoms with Crippen LogP contribution in [0.25, 0.3) is 0 Å². The van der Waals surface area contributed by atoms with E-state index in [0.717, 1.165) is 0 Å². The summed E-state index contributed by atoms with van der Waals surface area (Å²) in [5.74, 6) is 0. The molecule has 0 heterocycles. The second-order valence-electron chi connectivity index (χ2n) is 1.94. The molecule has 3 N–H and O–H groups in total. The van der Waals surface area contributed by atoms with Crippen LogP contribution in [0, 0.1) is 0 Å². The summed E-state index contributed by atoms with van der Waals surface area (Å²) in [4.78, 5) is 0. The van der Waals surface area contributed by atoms with Crippen molar-refractivity contribution in [1.82, 2.24) is 5.32 Å². The Kier molecular flexibility index (Phi) is 4.53. The molecule has 1 atom stereocenters. The first-order chi connectivity index (χ1) is 4.16. The number of halogens is 2. The maximum atomic E-state index is 11.4. The van der Waals surface area contributed by atoms with Crippen molar-refractivity contribution < 1.29 is 8.78 Å². The number of hydrogen-bond donors (Lipinski definition) is 2. The van der Waals surface area contributed by atoms with E-state index in [0.29, 0.717) is 6.54 Å². The Bertz CT molecular complexity index is 68.0. The minimum atomic E-state index is -2.28. The van der Waals surface area contributed by atoms with Crippen LogP contribution in [0.2, 0.25) is 0 Å². The lowest BCUT2D eigenvalue weighted by atomic mass is 10.3. The molecule has 4 heteroatoms. The Hall–Kier alpha value is -0.220. The van der Waals surface area contributed by atoms with Crippen molar-refractivity contribution in [1.29, 1.82) is 0 Å². The standard InChI is InChI=1S/C5H12F2N2/c1-4(2-8)9-3-5(6)7/h4-5,9H,2-3,8H2,1H3/t4-/m0/s1. The van der Waals surface area contributed by atoms with Crippen molar-refractivity contribution in [3.63, 3.8) is 0 Å². The molecule has 56 valence electrons. The van der Waals surface area contributed by atoms with Gasteiger partial charge in [-0.25, -0.2) is 8.78 Å². The van der Waals surface area contributed by atoms with Gasteiger partial charge in [-0.3, -0.25) is 0 Å². The predicted molar refractivity (Wildman–Crippen MR) is 32.5 cm³/mol. The van der Waals surface area contributed by atoms with Gasteiger partial charge in [-0.15, -0.1) is 0 Å². The molecule has 0 saturated carbocycles. The maximum absolute atomic E-state index is 11.4. The van der Waals surface area contributed by atoms with Crippen LogP contribution in [-0.4, -0.2) is 25.6 Å². The first-order valence-corrected chi connectivity index (χ1v) is 2.88. The van der Waals surface area contributed by atoms with Crippen LogP contribution in [0.1, 0.15) is 6.92 Å². The number of hydrogen-bond acceptors (Lipinski definition) is 2. The van der Waals surface area contributed by atoms with Crippen LogP contribution < -0.4 is 11.1 Å². The van der Waals surface area contributed by atoms with E-state index in [-0.39, 0.29) is 12.6 Å². The summed E-state index contributed by atoms with van der Waals surface area (Å²) in [7, 11) is 0. The van der Waals surface area contributed by atoms with Gasteiger partial charge in [0.25, 0.3) is 6.43 Å². The molecule has 0 aliphatic rings. The Morgan fingerprint density at radius 2 is 2.11 bits per heavy atom. The number of rotatable bonds is 4. The average Bonchev–Trinajstić information content (AvgIpc) is 1.83. The van der Waals surface area contributed by atoms with E-state index < -0.39 is 6.43 Å². The van der Waals surface area contributed by atoms with Crippen LogP contribution >= 0.6 is 0 Å². The van der Waals surface area contributed by atoms with Crippen LogP contribution in [0.4, 0.5) is 8.78 Å². The van der Waals surface area contributed by atoms with Gasteiger partial charge >= 0.3 is 0 Å². The number of nitrogens with one attached hydrogen (secondary N) is 1. The highest BCUT2D eigenvalue weighted by molar-refractivity contribution is 4.60. The lowest BCUT2D eigenvalue weighted by molar-refractivity contribution is 0.142. The van der Waals surface area contributed by atoms with Gasteiger partial charge in [0.05, 0.1) is 6.54 Å². The van der Waals surface area contributed by atoms with E-state index in [1.165, 1.54) is 0 Å². The lowest BCUT2D eigenvalue weighted by Crippen LogP contribution is -2.36. The Morgan fingerprint density at radius 1 is 1.56 bits per heavy atom. The molecule has 0 spiro atoms. The van der Waals surface area contributed by atoms with E-state index in [1.54, 1.807) is 6.92 Å².